The van der Waals surface area contributed by atoms with E-state index < -0.39 is 0 Å². The molecule has 2 N–H and O–H groups in total. The Bertz CT molecular complexity index is 322. The van der Waals surface area contributed by atoms with Crippen molar-refractivity contribution in [3.63, 3.8) is 0 Å². The van der Waals surface area contributed by atoms with E-state index in [9.17, 15) is 0 Å². The van der Waals surface area contributed by atoms with Crippen LogP contribution >= 0.6 is 0 Å². The van der Waals surface area contributed by atoms with Gasteiger partial charge in [0.1, 0.15) is 6.10 Å². The first kappa shape index (κ1) is 17.5. The lowest BCUT2D eigenvalue weighted by Crippen LogP contribution is -2.29. The number of ether oxygens (including phenoxy) is 2. The molecule has 0 aromatic rings. The fourth-order valence-corrected chi connectivity index (χ4v) is 3.08. The number of rotatable bonds is 6. The second-order valence-corrected chi connectivity index (χ2v) is 6.38. The van der Waals surface area contributed by atoms with Crippen molar-refractivity contribution in [1.82, 2.24) is 0 Å². The molecule has 1 unspecified atom stereocenters. The van der Waals surface area contributed by atoms with Gasteiger partial charge in [-0.3, -0.25) is 0 Å². The molecule has 0 saturated heterocycles. The maximum Gasteiger partial charge on any atom is 0.117 e. The summed E-state index contributed by atoms with van der Waals surface area (Å²) in [6.07, 6.45) is 6.05. The molecule has 116 valence electrons. The zero-order valence-corrected chi connectivity index (χ0v) is 13.6. The van der Waals surface area contributed by atoms with E-state index in [0.717, 1.165) is 18.9 Å². The van der Waals surface area contributed by atoms with E-state index in [1.54, 1.807) is 0 Å². The molecule has 0 heterocycles. The van der Waals surface area contributed by atoms with Crippen LogP contribution in [-0.2, 0) is 9.47 Å². The molecule has 0 radical (unpaired) electrons. The summed E-state index contributed by atoms with van der Waals surface area (Å²) in [6.45, 7) is 9.47. The van der Waals surface area contributed by atoms with Gasteiger partial charge in [-0.05, 0) is 65.7 Å². The van der Waals surface area contributed by atoms with Crippen molar-refractivity contribution < 1.29 is 9.47 Å². The van der Waals surface area contributed by atoms with Gasteiger partial charge in [0.25, 0.3) is 0 Å². The molecule has 1 saturated carbocycles. The molecule has 3 heteroatoms. The standard InChI is InChI=1S/C17H31NO2/c1-5-20-17(3,4)12-16-10-8-15(9-11-16)7-6-14(2)19-13-18/h14-16H,5,8-13,18H2,1-4H3. The zero-order valence-electron chi connectivity index (χ0n) is 13.6. The van der Waals surface area contributed by atoms with Crippen LogP contribution in [0, 0.1) is 23.7 Å². The number of hydrogen-bond acceptors (Lipinski definition) is 3. The molecule has 0 aromatic carbocycles. The minimum absolute atomic E-state index is 0.0153. The van der Waals surface area contributed by atoms with Gasteiger partial charge >= 0.3 is 0 Å². The van der Waals surface area contributed by atoms with Crippen LogP contribution in [0.3, 0.4) is 0 Å². The molecule has 1 aliphatic carbocycles. The lowest BCUT2D eigenvalue weighted by Gasteiger charge is -2.33. The Morgan fingerprint density at radius 3 is 2.45 bits per heavy atom. The molecular weight excluding hydrogens is 250 g/mol. The summed E-state index contributed by atoms with van der Waals surface area (Å²) in [5.41, 5.74) is 5.35. The molecule has 20 heavy (non-hydrogen) atoms. The molecule has 0 spiro atoms. The lowest BCUT2D eigenvalue weighted by atomic mass is 9.77. The van der Waals surface area contributed by atoms with Gasteiger partial charge in [0.2, 0.25) is 0 Å². The Labute approximate surface area is 124 Å². The SMILES string of the molecule is CCOC(C)(C)CC1CCC(C#CC(C)OCN)CC1. The maximum absolute atomic E-state index is 5.81. The van der Waals surface area contributed by atoms with E-state index in [0.29, 0.717) is 5.92 Å². The van der Waals surface area contributed by atoms with E-state index in [2.05, 4.69) is 32.6 Å². The van der Waals surface area contributed by atoms with Crippen LogP contribution in [0.5, 0.6) is 0 Å². The molecule has 3 nitrogen and oxygen atoms in total. The Hall–Kier alpha value is -0.560. The third kappa shape index (κ3) is 6.74. The summed E-state index contributed by atoms with van der Waals surface area (Å²) < 4.78 is 11.0. The van der Waals surface area contributed by atoms with Gasteiger partial charge in [-0.2, -0.15) is 0 Å². The molecule has 0 aromatic heterocycles. The predicted molar refractivity (Wildman–Crippen MR) is 83.1 cm³/mol. The number of hydrogen-bond donors (Lipinski definition) is 1. The normalized spacial score (nSPS) is 24.9. The fourth-order valence-electron chi connectivity index (χ4n) is 3.08. The minimum Gasteiger partial charge on any atom is -0.376 e. The van der Waals surface area contributed by atoms with E-state index in [-0.39, 0.29) is 18.4 Å². The Morgan fingerprint density at radius 2 is 1.90 bits per heavy atom. The van der Waals surface area contributed by atoms with Crippen molar-refractivity contribution in [3.8, 4) is 11.8 Å². The monoisotopic (exact) mass is 281 g/mol. The zero-order chi connectivity index (χ0) is 15.0. The van der Waals surface area contributed by atoms with Crippen LogP contribution in [0.2, 0.25) is 0 Å². The highest BCUT2D eigenvalue weighted by atomic mass is 16.5. The van der Waals surface area contributed by atoms with Crippen molar-refractivity contribution in [1.29, 1.82) is 0 Å². The first-order chi connectivity index (χ1) is 9.46. The van der Waals surface area contributed by atoms with Crippen LogP contribution in [0.1, 0.15) is 59.8 Å². The highest BCUT2D eigenvalue weighted by Crippen LogP contribution is 2.34. The Kier molecular flexibility index (Phi) is 7.58. The second-order valence-electron chi connectivity index (χ2n) is 6.38. The second kappa shape index (κ2) is 8.67. The van der Waals surface area contributed by atoms with Gasteiger partial charge in [0, 0.05) is 12.5 Å². The third-order valence-corrected chi connectivity index (χ3v) is 4.00. The van der Waals surface area contributed by atoms with Crippen LogP contribution in [0.4, 0.5) is 0 Å². The molecule has 0 bridgehead atoms. The summed E-state index contributed by atoms with van der Waals surface area (Å²) in [7, 11) is 0. The van der Waals surface area contributed by atoms with Crippen LogP contribution in [-0.4, -0.2) is 25.0 Å². The van der Waals surface area contributed by atoms with E-state index in [1.165, 1.54) is 25.7 Å². The summed E-state index contributed by atoms with van der Waals surface area (Å²) in [5.74, 6) is 7.83. The van der Waals surface area contributed by atoms with Crippen LogP contribution in [0.15, 0.2) is 0 Å². The van der Waals surface area contributed by atoms with Crippen molar-refractivity contribution in [2.24, 2.45) is 17.6 Å². The first-order valence-corrected chi connectivity index (χ1v) is 7.93. The molecule has 1 aliphatic rings. The lowest BCUT2D eigenvalue weighted by molar-refractivity contribution is -0.0314. The summed E-state index contributed by atoms with van der Waals surface area (Å²) >= 11 is 0. The van der Waals surface area contributed by atoms with Gasteiger partial charge in [0.15, 0.2) is 0 Å². The van der Waals surface area contributed by atoms with Crippen LogP contribution in [0.25, 0.3) is 0 Å². The highest BCUT2D eigenvalue weighted by Gasteiger charge is 2.27. The Balaban J connectivity index is 2.33. The molecule has 0 amide bonds. The van der Waals surface area contributed by atoms with Crippen molar-refractivity contribution >= 4 is 0 Å². The molecule has 0 aliphatic heterocycles. The first-order valence-electron chi connectivity index (χ1n) is 7.93. The highest BCUT2D eigenvalue weighted by molar-refractivity contribution is 5.08. The van der Waals surface area contributed by atoms with Crippen molar-refractivity contribution in [2.75, 3.05) is 13.3 Å². The molecule has 1 rings (SSSR count). The minimum atomic E-state index is -0.0467. The van der Waals surface area contributed by atoms with Gasteiger partial charge < -0.3 is 15.2 Å². The summed E-state index contributed by atoms with van der Waals surface area (Å²) in [5, 5.41) is 0. The van der Waals surface area contributed by atoms with Gasteiger partial charge in [-0.1, -0.05) is 11.8 Å². The van der Waals surface area contributed by atoms with E-state index in [4.69, 9.17) is 15.2 Å². The Morgan fingerprint density at radius 1 is 1.25 bits per heavy atom. The quantitative estimate of drug-likeness (QED) is 0.600. The molecule has 1 fully saturated rings. The van der Waals surface area contributed by atoms with Crippen molar-refractivity contribution in [2.45, 2.75) is 71.5 Å². The largest absolute Gasteiger partial charge is 0.376 e. The maximum atomic E-state index is 5.81. The van der Waals surface area contributed by atoms with Crippen LogP contribution < -0.4 is 5.73 Å². The predicted octanol–water partition coefficient (Wildman–Crippen LogP) is 3.32. The fraction of sp³-hybridized carbons (Fsp3) is 0.882. The third-order valence-electron chi connectivity index (χ3n) is 4.00. The summed E-state index contributed by atoms with van der Waals surface area (Å²) in [4.78, 5) is 0. The average molecular weight is 281 g/mol. The topological polar surface area (TPSA) is 44.5 Å². The van der Waals surface area contributed by atoms with E-state index in [1.807, 2.05) is 6.92 Å². The van der Waals surface area contributed by atoms with Gasteiger partial charge in [0.05, 0.1) is 12.3 Å². The summed E-state index contributed by atoms with van der Waals surface area (Å²) in [6, 6.07) is 0. The number of nitrogens with two attached hydrogens (primary N) is 1. The van der Waals surface area contributed by atoms with Gasteiger partial charge in [-0.25, -0.2) is 0 Å². The van der Waals surface area contributed by atoms with E-state index >= 15 is 0 Å². The van der Waals surface area contributed by atoms with Crippen molar-refractivity contribution in [3.05, 3.63) is 0 Å². The average Bonchev–Trinajstić information content (AvgIpc) is 2.38. The molecule has 1 atom stereocenters. The smallest absolute Gasteiger partial charge is 0.117 e. The van der Waals surface area contributed by atoms with Gasteiger partial charge in [-0.15, -0.1) is 0 Å². The molecular formula is C17H31NO2.